The Bertz CT molecular complexity index is 1380. The van der Waals surface area contributed by atoms with Crippen molar-refractivity contribution in [1.29, 1.82) is 0 Å². The number of rotatable bonds is 6. The number of ether oxygens (including phenoxy) is 2. The second-order valence-corrected chi connectivity index (χ2v) is 11.2. The first-order valence-electron chi connectivity index (χ1n) is 13.3. The molecule has 1 saturated heterocycles. The highest BCUT2D eigenvalue weighted by molar-refractivity contribution is 5.71. The molecule has 2 N–H and O–H groups in total. The molecule has 0 aliphatic carbocycles. The Hall–Kier alpha value is -3.86. The van der Waals surface area contributed by atoms with Gasteiger partial charge in [-0.05, 0) is 64.7 Å². The predicted molar refractivity (Wildman–Crippen MR) is 148 cm³/mol. The lowest BCUT2D eigenvalue weighted by atomic mass is 10.1. The van der Waals surface area contributed by atoms with Crippen molar-refractivity contribution in [2.75, 3.05) is 30.5 Å². The highest BCUT2D eigenvalue weighted by Crippen LogP contribution is 2.35. The van der Waals surface area contributed by atoms with Gasteiger partial charge in [-0.3, -0.25) is 4.90 Å². The molecule has 3 aromatic rings. The van der Waals surface area contributed by atoms with Crippen molar-refractivity contribution in [3.8, 4) is 11.4 Å². The maximum Gasteiger partial charge on any atom is 0.410 e. The number of hydrogen-bond donors (Lipinski definition) is 2. The van der Waals surface area contributed by atoms with Crippen LogP contribution in [0.5, 0.6) is 5.75 Å². The molecule has 1 atom stereocenters. The molecule has 1 fully saturated rings. The second-order valence-electron chi connectivity index (χ2n) is 11.2. The third-order valence-corrected chi connectivity index (χ3v) is 7.22. The summed E-state index contributed by atoms with van der Waals surface area (Å²) in [6.45, 7) is 11.1. The molecule has 0 bridgehead atoms. The fourth-order valence-corrected chi connectivity index (χ4v) is 5.10. The second kappa shape index (κ2) is 10.4. The number of aryl methyl sites for hydroxylation is 1. The molecule has 0 spiro atoms. The van der Waals surface area contributed by atoms with Crippen LogP contribution in [0.25, 0.3) is 5.69 Å². The van der Waals surface area contributed by atoms with Gasteiger partial charge >= 0.3 is 6.09 Å². The third-order valence-electron chi connectivity index (χ3n) is 7.22. The number of fused-ring (bicyclic) bond motifs is 1. The van der Waals surface area contributed by atoms with Gasteiger partial charge in [0.2, 0.25) is 5.95 Å². The number of benzene rings is 1. The summed E-state index contributed by atoms with van der Waals surface area (Å²) in [6.07, 6.45) is 5.07. The standard InChI is InChI=1S/C28H37N7O4/c1-17-10-20(11-23(38-6)18(17)2)34-14-24(29-16-34)31-26-30-22-13-33(27(37)39-28(3,4)5)12-21(22)25(32-26)35-9-7-8-19(35)15-36/h10-11,14,16,19,36H,7-9,12-13,15H2,1-6H3,(H,30,31,32)/t19-/m0/s1. The van der Waals surface area contributed by atoms with Crippen LogP contribution in [0.1, 0.15) is 56.0 Å². The SMILES string of the molecule is COc1cc(-n2cnc(Nc3nc4c(c(N5CCC[C@H]5CO)n3)CN(C(=O)OC(C)(C)C)C4)c2)cc(C)c1C. The van der Waals surface area contributed by atoms with E-state index < -0.39 is 5.60 Å². The number of methoxy groups -OCH3 is 1. The Morgan fingerprint density at radius 1 is 1.21 bits per heavy atom. The average molecular weight is 536 g/mol. The third kappa shape index (κ3) is 5.49. The number of amides is 1. The quantitative estimate of drug-likeness (QED) is 0.478. The molecule has 2 aliphatic rings. The Morgan fingerprint density at radius 2 is 2.00 bits per heavy atom. The number of nitrogens with zero attached hydrogens (tertiary/aromatic N) is 6. The topological polar surface area (TPSA) is 118 Å². The fourth-order valence-electron chi connectivity index (χ4n) is 5.10. The summed E-state index contributed by atoms with van der Waals surface area (Å²) in [5, 5.41) is 13.2. The number of aromatic nitrogens is 4. The molecule has 1 amide bonds. The molecule has 208 valence electrons. The van der Waals surface area contributed by atoms with Crippen LogP contribution in [-0.4, -0.2) is 67.5 Å². The van der Waals surface area contributed by atoms with Crippen LogP contribution >= 0.6 is 0 Å². The van der Waals surface area contributed by atoms with E-state index in [-0.39, 0.29) is 18.7 Å². The number of aliphatic hydroxyl groups is 1. The minimum Gasteiger partial charge on any atom is -0.496 e. The van der Waals surface area contributed by atoms with Gasteiger partial charge in [-0.15, -0.1) is 0 Å². The van der Waals surface area contributed by atoms with Gasteiger partial charge in [0.05, 0.1) is 50.4 Å². The van der Waals surface area contributed by atoms with E-state index in [4.69, 9.17) is 19.4 Å². The molecule has 0 saturated carbocycles. The number of carbonyl (C=O) groups is 1. The molecular weight excluding hydrogens is 498 g/mol. The summed E-state index contributed by atoms with van der Waals surface area (Å²) < 4.78 is 13.1. The molecule has 0 radical (unpaired) electrons. The molecule has 1 aromatic carbocycles. The van der Waals surface area contributed by atoms with Crippen LogP contribution in [0, 0.1) is 13.8 Å². The first-order valence-corrected chi connectivity index (χ1v) is 13.3. The highest BCUT2D eigenvalue weighted by atomic mass is 16.6. The normalized spacial score (nSPS) is 16.9. The monoisotopic (exact) mass is 535 g/mol. The van der Waals surface area contributed by atoms with Gasteiger partial charge in [0, 0.05) is 18.2 Å². The lowest BCUT2D eigenvalue weighted by molar-refractivity contribution is 0.0240. The van der Waals surface area contributed by atoms with Crippen molar-refractivity contribution >= 4 is 23.7 Å². The van der Waals surface area contributed by atoms with E-state index >= 15 is 0 Å². The smallest absolute Gasteiger partial charge is 0.410 e. The molecule has 2 aromatic heterocycles. The first-order chi connectivity index (χ1) is 18.6. The van der Waals surface area contributed by atoms with Crippen molar-refractivity contribution < 1.29 is 19.4 Å². The number of imidazole rings is 1. The van der Waals surface area contributed by atoms with Crippen LogP contribution < -0.4 is 15.0 Å². The van der Waals surface area contributed by atoms with Crippen LogP contribution in [0.3, 0.4) is 0 Å². The minimum atomic E-state index is -0.594. The molecule has 2 aliphatic heterocycles. The van der Waals surface area contributed by atoms with Gasteiger partial charge in [0.25, 0.3) is 0 Å². The van der Waals surface area contributed by atoms with Gasteiger partial charge < -0.3 is 29.4 Å². The Balaban J connectivity index is 1.45. The summed E-state index contributed by atoms with van der Waals surface area (Å²) in [5.74, 6) is 2.53. The zero-order valence-corrected chi connectivity index (χ0v) is 23.5. The molecule has 4 heterocycles. The maximum atomic E-state index is 12.9. The van der Waals surface area contributed by atoms with Crippen LogP contribution in [0.2, 0.25) is 0 Å². The number of aliphatic hydroxyl groups excluding tert-OH is 1. The summed E-state index contributed by atoms with van der Waals surface area (Å²) in [7, 11) is 1.67. The lowest BCUT2D eigenvalue weighted by Gasteiger charge is -2.27. The van der Waals surface area contributed by atoms with Crippen LogP contribution in [-0.2, 0) is 17.8 Å². The highest BCUT2D eigenvalue weighted by Gasteiger charge is 2.35. The van der Waals surface area contributed by atoms with Gasteiger partial charge in [0.15, 0.2) is 5.82 Å². The number of anilines is 3. The largest absolute Gasteiger partial charge is 0.496 e. The van der Waals surface area contributed by atoms with Gasteiger partial charge in [-0.25, -0.2) is 14.8 Å². The Labute approximate surface area is 228 Å². The van der Waals surface area contributed by atoms with E-state index in [1.54, 1.807) is 18.3 Å². The maximum absolute atomic E-state index is 12.9. The first kappa shape index (κ1) is 26.7. The minimum absolute atomic E-state index is 0.0219. The average Bonchev–Trinajstić information content (AvgIpc) is 3.63. The Morgan fingerprint density at radius 3 is 2.72 bits per heavy atom. The summed E-state index contributed by atoms with van der Waals surface area (Å²) >= 11 is 0. The predicted octanol–water partition coefficient (Wildman–Crippen LogP) is 4.24. The van der Waals surface area contributed by atoms with E-state index in [1.165, 1.54) is 0 Å². The summed E-state index contributed by atoms with van der Waals surface area (Å²) in [6, 6.07) is 4.04. The fraction of sp³-hybridized carbons (Fsp3) is 0.500. The van der Waals surface area contributed by atoms with Crippen LogP contribution in [0.4, 0.5) is 22.4 Å². The van der Waals surface area contributed by atoms with Crippen molar-refractivity contribution in [3.63, 3.8) is 0 Å². The van der Waals surface area contributed by atoms with E-state index in [0.717, 1.165) is 59.0 Å². The van der Waals surface area contributed by atoms with E-state index in [2.05, 4.69) is 28.2 Å². The molecular formula is C28H37N7O4. The van der Waals surface area contributed by atoms with Crippen molar-refractivity contribution in [2.24, 2.45) is 0 Å². The summed E-state index contributed by atoms with van der Waals surface area (Å²) in [5.41, 5.74) is 4.21. The van der Waals surface area contributed by atoms with Crippen molar-refractivity contribution in [1.82, 2.24) is 24.4 Å². The summed E-state index contributed by atoms with van der Waals surface area (Å²) in [4.78, 5) is 30.8. The zero-order valence-electron chi connectivity index (χ0n) is 23.5. The van der Waals surface area contributed by atoms with Gasteiger partial charge in [0.1, 0.15) is 23.5 Å². The molecule has 11 heteroatoms. The Kier molecular flexibility index (Phi) is 7.11. The van der Waals surface area contributed by atoms with Crippen molar-refractivity contribution in [2.45, 2.75) is 72.2 Å². The molecule has 0 unspecified atom stereocenters. The lowest BCUT2D eigenvalue weighted by Crippen LogP contribution is -2.35. The van der Waals surface area contributed by atoms with Crippen LogP contribution in [0.15, 0.2) is 24.7 Å². The van der Waals surface area contributed by atoms with Gasteiger partial charge in [-0.1, -0.05) is 0 Å². The number of nitrogens with one attached hydrogen (secondary N) is 1. The van der Waals surface area contributed by atoms with E-state index in [0.29, 0.717) is 24.9 Å². The number of hydrogen-bond acceptors (Lipinski definition) is 9. The van der Waals surface area contributed by atoms with E-state index in [9.17, 15) is 9.90 Å². The zero-order chi connectivity index (χ0) is 27.9. The van der Waals surface area contributed by atoms with Crippen molar-refractivity contribution in [3.05, 3.63) is 47.0 Å². The molecule has 5 rings (SSSR count). The van der Waals surface area contributed by atoms with E-state index in [1.807, 2.05) is 44.5 Å². The van der Waals surface area contributed by atoms with Gasteiger partial charge in [-0.2, -0.15) is 4.98 Å². The molecule has 11 nitrogen and oxygen atoms in total. The molecule has 39 heavy (non-hydrogen) atoms. The number of carbonyl (C=O) groups excluding carboxylic acids is 1.